The first-order chi connectivity index (χ1) is 14.0. The molecule has 0 radical (unpaired) electrons. The maximum absolute atomic E-state index is 13.0. The first kappa shape index (κ1) is 19.2. The lowest BCUT2D eigenvalue weighted by atomic mass is 10.1. The Morgan fingerprint density at radius 3 is 2.66 bits per heavy atom. The molecule has 2 atom stereocenters. The Morgan fingerprint density at radius 2 is 2.00 bits per heavy atom. The molecule has 1 aliphatic heterocycles. The number of amides is 1. The van der Waals surface area contributed by atoms with E-state index in [0.29, 0.717) is 22.0 Å². The van der Waals surface area contributed by atoms with Crippen LogP contribution in [0.2, 0.25) is 5.02 Å². The van der Waals surface area contributed by atoms with Crippen molar-refractivity contribution in [2.24, 2.45) is 0 Å². The van der Waals surface area contributed by atoms with Gasteiger partial charge in [0.1, 0.15) is 5.56 Å². The molecule has 1 amide bonds. The molecule has 1 aromatic carbocycles. The van der Waals surface area contributed by atoms with E-state index in [9.17, 15) is 14.7 Å². The van der Waals surface area contributed by atoms with E-state index in [2.05, 4.69) is 20.6 Å². The number of carbonyl (C=O) groups excluding carboxylic acids is 1. The van der Waals surface area contributed by atoms with Gasteiger partial charge >= 0.3 is 0 Å². The number of halogens is 1. The van der Waals surface area contributed by atoms with E-state index < -0.39 is 23.6 Å². The van der Waals surface area contributed by atoms with Crippen LogP contribution in [-0.2, 0) is 4.74 Å². The number of nitrogens with one attached hydrogen (secondary N) is 1. The zero-order chi connectivity index (χ0) is 20.4. The van der Waals surface area contributed by atoms with Crippen LogP contribution in [0.4, 0.5) is 0 Å². The predicted molar refractivity (Wildman–Crippen MR) is 104 cm³/mol. The van der Waals surface area contributed by atoms with Crippen LogP contribution in [-0.4, -0.2) is 56.4 Å². The SMILES string of the molecule is O=C(N[C@H]1COC[C@H]1O)c1cc(-c2ccc(Cl)cc2)nn(-c2ccnnc2)c1=O. The van der Waals surface area contributed by atoms with Crippen molar-refractivity contribution in [3.63, 3.8) is 0 Å². The van der Waals surface area contributed by atoms with E-state index in [1.165, 1.54) is 18.5 Å². The van der Waals surface area contributed by atoms with E-state index in [4.69, 9.17) is 16.3 Å². The molecule has 2 N–H and O–H groups in total. The molecule has 1 aliphatic rings. The molecule has 1 saturated heterocycles. The molecule has 0 unspecified atom stereocenters. The topological polar surface area (TPSA) is 119 Å². The van der Waals surface area contributed by atoms with Gasteiger partial charge in [0.2, 0.25) is 0 Å². The fourth-order valence-electron chi connectivity index (χ4n) is 2.93. The fourth-order valence-corrected chi connectivity index (χ4v) is 3.06. The molecule has 0 aliphatic carbocycles. The highest BCUT2D eigenvalue weighted by Gasteiger charge is 2.29. The van der Waals surface area contributed by atoms with Crippen LogP contribution >= 0.6 is 11.6 Å². The molecule has 1 fully saturated rings. The Morgan fingerprint density at radius 1 is 1.21 bits per heavy atom. The van der Waals surface area contributed by atoms with Gasteiger partial charge in [-0.1, -0.05) is 23.7 Å². The van der Waals surface area contributed by atoms with Gasteiger partial charge in [-0.05, 0) is 24.3 Å². The summed E-state index contributed by atoms with van der Waals surface area (Å²) >= 11 is 5.95. The second-order valence-electron chi connectivity index (χ2n) is 6.45. The molecule has 148 valence electrons. The molecule has 3 heterocycles. The van der Waals surface area contributed by atoms with E-state index >= 15 is 0 Å². The molecular weight excluding hydrogens is 398 g/mol. The molecule has 4 rings (SSSR count). The summed E-state index contributed by atoms with van der Waals surface area (Å²) in [5.41, 5.74) is 0.677. The summed E-state index contributed by atoms with van der Waals surface area (Å²) in [5.74, 6) is -0.627. The van der Waals surface area contributed by atoms with Crippen molar-refractivity contribution >= 4 is 17.5 Å². The van der Waals surface area contributed by atoms with Crippen molar-refractivity contribution in [1.82, 2.24) is 25.3 Å². The number of rotatable bonds is 4. The number of nitrogens with zero attached hydrogens (tertiary/aromatic N) is 4. The first-order valence-electron chi connectivity index (χ1n) is 8.77. The minimum absolute atomic E-state index is 0.124. The summed E-state index contributed by atoms with van der Waals surface area (Å²) in [6.07, 6.45) is 1.96. The van der Waals surface area contributed by atoms with Crippen LogP contribution < -0.4 is 10.9 Å². The Balaban J connectivity index is 1.81. The monoisotopic (exact) mass is 413 g/mol. The van der Waals surface area contributed by atoms with Crippen molar-refractivity contribution < 1.29 is 14.6 Å². The van der Waals surface area contributed by atoms with Crippen LogP contribution in [0.1, 0.15) is 10.4 Å². The largest absolute Gasteiger partial charge is 0.388 e. The first-order valence-corrected chi connectivity index (χ1v) is 9.15. The van der Waals surface area contributed by atoms with Crippen molar-refractivity contribution in [2.45, 2.75) is 12.1 Å². The van der Waals surface area contributed by atoms with Crippen molar-refractivity contribution in [1.29, 1.82) is 0 Å². The van der Waals surface area contributed by atoms with Crippen LogP contribution in [0.3, 0.4) is 0 Å². The molecule has 0 bridgehead atoms. The van der Waals surface area contributed by atoms with E-state index in [1.807, 2.05) is 0 Å². The Bertz CT molecular complexity index is 1090. The Hall–Kier alpha value is -3.14. The van der Waals surface area contributed by atoms with Gasteiger partial charge in [0.05, 0.1) is 49.1 Å². The third-order valence-corrected chi connectivity index (χ3v) is 4.73. The number of ether oxygens (including phenoxy) is 1. The molecule has 10 heteroatoms. The third-order valence-electron chi connectivity index (χ3n) is 4.48. The molecule has 0 saturated carbocycles. The van der Waals surface area contributed by atoms with E-state index in [1.54, 1.807) is 30.3 Å². The minimum atomic E-state index is -0.830. The minimum Gasteiger partial charge on any atom is -0.388 e. The van der Waals surface area contributed by atoms with Gasteiger partial charge in [-0.15, -0.1) is 0 Å². The number of aromatic nitrogens is 4. The number of benzene rings is 1. The predicted octanol–water partition coefficient (Wildman–Crippen LogP) is 0.832. The smallest absolute Gasteiger partial charge is 0.284 e. The zero-order valence-corrected chi connectivity index (χ0v) is 15.8. The molecular formula is C19H16ClN5O4. The van der Waals surface area contributed by atoms with Crippen LogP contribution in [0.25, 0.3) is 16.9 Å². The summed E-state index contributed by atoms with van der Waals surface area (Å²) in [4.78, 5) is 25.8. The van der Waals surface area contributed by atoms with Crippen LogP contribution in [0.15, 0.2) is 53.6 Å². The van der Waals surface area contributed by atoms with Gasteiger partial charge in [0.15, 0.2) is 0 Å². The lowest BCUT2D eigenvalue weighted by molar-refractivity contribution is 0.0884. The highest BCUT2D eigenvalue weighted by molar-refractivity contribution is 6.30. The van der Waals surface area contributed by atoms with Gasteiger partial charge in [-0.2, -0.15) is 20.0 Å². The second-order valence-corrected chi connectivity index (χ2v) is 6.89. The van der Waals surface area contributed by atoms with Gasteiger partial charge in [0.25, 0.3) is 11.5 Å². The maximum atomic E-state index is 13.0. The van der Waals surface area contributed by atoms with Gasteiger partial charge in [0, 0.05) is 10.6 Å². The highest BCUT2D eigenvalue weighted by Crippen LogP contribution is 2.20. The summed E-state index contributed by atoms with van der Waals surface area (Å²) in [7, 11) is 0. The molecule has 29 heavy (non-hydrogen) atoms. The zero-order valence-electron chi connectivity index (χ0n) is 15.0. The highest BCUT2D eigenvalue weighted by atomic mass is 35.5. The van der Waals surface area contributed by atoms with Crippen LogP contribution in [0.5, 0.6) is 0 Å². The van der Waals surface area contributed by atoms with Gasteiger partial charge in [-0.25, -0.2) is 0 Å². The fraction of sp³-hybridized carbons (Fsp3) is 0.211. The second kappa shape index (κ2) is 8.08. The average molecular weight is 414 g/mol. The van der Waals surface area contributed by atoms with Gasteiger partial charge in [-0.3, -0.25) is 9.59 Å². The number of carbonyl (C=O) groups is 1. The van der Waals surface area contributed by atoms with Crippen molar-refractivity contribution in [2.75, 3.05) is 13.2 Å². The quantitative estimate of drug-likeness (QED) is 0.650. The number of aliphatic hydroxyl groups excluding tert-OH is 1. The summed E-state index contributed by atoms with van der Waals surface area (Å²) in [6, 6.07) is 9.23. The standard InChI is InChI=1S/C19H16ClN5O4/c20-12-3-1-11(2-4-12)15-7-14(18(27)23-16-9-29-10-17(16)26)19(28)25(24-15)13-5-6-21-22-8-13/h1-8,16-17,26H,9-10H2,(H,23,27)/t16-,17+/m0/s1. The Kier molecular flexibility index (Phi) is 5.34. The Labute approximate surface area is 169 Å². The summed E-state index contributed by atoms with van der Waals surface area (Å²) in [5, 5.41) is 24.9. The van der Waals surface area contributed by atoms with Gasteiger partial charge < -0.3 is 15.2 Å². The average Bonchev–Trinajstić information content (AvgIpc) is 3.14. The molecule has 0 spiro atoms. The van der Waals surface area contributed by atoms with Crippen LogP contribution in [0, 0.1) is 0 Å². The maximum Gasteiger partial charge on any atom is 0.284 e. The molecule has 9 nitrogen and oxygen atoms in total. The number of aliphatic hydroxyl groups is 1. The summed E-state index contributed by atoms with van der Waals surface area (Å²) < 4.78 is 6.24. The van der Waals surface area contributed by atoms with Crippen molar-refractivity contribution in [3.05, 3.63) is 69.7 Å². The normalized spacial score (nSPS) is 18.6. The third kappa shape index (κ3) is 4.02. The number of hydrogen-bond donors (Lipinski definition) is 2. The van der Waals surface area contributed by atoms with E-state index in [-0.39, 0.29) is 18.8 Å². The molecule has 2 aromatic heterocycles. The van der Waals surface area contributed by atoms with Crippen molar-refractivity contribution in [3.8, 4) is 16.9 Å². The lowest BCUT2D eigenvalue weighted by Gasteiger charge is -2.15. The lowest BCUT2D eigenvalue weighted by Crippen LogP contribution is -2.44. The summed E-state index contributed by atoms with van der Waals surface area (Å²) in [6.45, 7) is 0.300. The number of hydrogen-bond acceptors (Lipinski definition) is 7. The molecule has 3 aromatic rings. The van der Waals surface area contributed by atoms with E-state index in [0.717, 1.165) is 4.68 Å².